The molecule has 16 heavy (non-hydrogen) atoms. The molecule has 1 heterocycles. The number of nitrogens with zero attached hydrogens (tertiary/aromatic N) is 1. The van der Waals surface area contributed by atoms with Gasteiger partial charge in [0, 0.05) is 18.0 Å². The predicted octanol–water partition coefficient (Wildman–Crippen LogP) is 3.15. The summed E-state index contributed by atoms with van der Waals surface area (Å²) in [6, 6.07) is 6.12. The molecule has 1 aromatic rings. The van der Waals surface area contributed by atoms with Crippen LogP contribution in [0.25, 0.3) is 0 Å². The first-order valence-corrected chi connectivity index (χ1v) is 6.67. The van der Waals surface area contributed by atoms with Crippen LogP contribution in [0.2, 0.25) is 0 Å². The summed E-state index contributed by atoms with van der Waals surface area (Å²) >= 11 is 1.59. The smallest absolute Gasteiger partial charge is 0.110 e. The molecular formula is C13H18N2S. The Bertz CT molecular complexity index is 396. The van der Waals surface area contributed by atoms with Crippen LogP contribution in [-0.4, -0.2) is 6.54 Å². The highest BCUT2D eigenvalue weighted by molar-refractivity contribution is 7.12. The van der Waals surface area contributed by atoms with E-state index >= 15 is 0 Å². The molecule has 1 aliphatic carbocycles. The molecule has 1 N–H and O–H groups in total. The van der Waals surface area contributed by atoms with E-state index in [4.69, 9.17) is 5.26 Å². The van der Waals surface area contributed by atoms with Crippen LogP contribution in [0.3, 0.4) is 0 Å². The molecule has 2 rings (SSSR count). The van der Waals surface area contributed by atoms with Gasteiger partial charge in [0.2, 0.25) is 0 Å². The van der Waals surface area contributed by atoms with Gasteiger partial charge in [0.15, 0.2) is 0 Å². The van der Waals surface area contributed by atoms with Crippen molar-refractivity contribution in [2.75, 3.05) is 6.54 Å². The van der Waals surface area contributed by atoms with Crippen LogP contribution in [0.5, 0.6) is 0 Å². The summed E-state index contributed by atoms with van der Waals surface area (Å²) in [5, 5.41) is 12.3. The fourth-order valence-corrected chi connectivity index (χ4v) is 2.86. The third-order valence-electron chi connectivity index (χ3n) is 3.67. The fourth-order valence-electron chi connectivity index (χ4n) is 2.09. The van der Waals surface area contributed by atoms with Crippen LogP contribution in [-0.2, 0) is 6.54 Å². The molecule has 0 radical (unpaired) electrons. The first-order chi connectivity index (χ1) is 7.66. The first-order valence-electron chi connectivity index (χ1n) is 5.86. The summed E-state index contributed by atoms with van der Waals surface area (Å²) in [6.45, 7) is 6.65. The van der Waals surface area contributed by atoms with Gasteiger partial charge < -0.3 is 5.32 Å². The van der Waals surface area contributed by atoms with Gasteiger partial charge in [-0.3, -0.25) is 0 Å². The number of rotatable bonds is 5. The molecule has 1 aliphatic rings. The Labute approximate surface area is 101 Å². The van der Waals surface area contributed by atoms with E-state index in [9.17, 15) is 0 Å². The number of hydrogen-bond acceptors (Lipinski definition) is 3. The maximum Gasteiger partial charge on any atom is 0.110 e. The Balaban J connectivity index is 1.78. The Morgan fingerprint density at radius 3 is 2.75 bits per heavy atom. The molecule has 0 bridgehead atoms. The molecule has 0 aliphatic heterocycles. The van der Waals surface area contributed by atoms with Gasteiger partial charge in [-0.05, 0) is 36.3 Å². The molecule has 1 fully saturated rings. The van der Waals surface area contributed by atoms with E-state index in [1.54, 1.807) is 11.3 Å². The van der Waals surface area contributed by atoms with Crippen molar-refractivity contribution in [2.45, 2.75) is 33.2 Å². The van der Waals surface area contributed by atoms with Gasteiger partial charge in [0.25, 0.3) is 0 Å². The van der Waals surface area contributed by atoms with E-state index in [-0.39, 0.29) is 0 Å². The standard InChI is InChI=1S/C13H18N2S/c1-10(2)13(5-6-13)9-15-8-12-4-3-11(7-14)16-12/h3-4,10,15H,5-6,8-9H2,1-2H3. The Kier molecular flexibility index (Phi) is 3.32. The monoisotopic (exact) mass is 234 g/mol. The summed E-state index contributed by atoms with van der Waals surface area (Å²) in [5.41, 5.74) is 0.565. The van der Waals surface area contributed by atoms with Gasteiger partial charge in [0.05, 0.1) is 0 Å². The Hall–Kier alpha value is -0.850. The summed E-state index contributed by atoms with van der Waals surface area (Å²) in [4.78, 5) is 2.07. The average Bonchev–Trinajstić information content (AvgIpc) is 2.91. The minimum absolute atomic E-state index is 0.565. The molecule has 1 saturated carbocycles. The molecule has 1 aromatic heterocycles. The van der Waals surface area contributed by atoms with Crippen LogP contribution in [0.1, 0.15) is 36.4 Å². The molecule has 0 aromatic carbocycles. The molecule has 3 heteroatoms. The summed E-state index contributed by atoms with van der Waals surface area (Å²) in [5.74, 6) is 0.776. The zero-order valence-electron chi connectivity index (χ0n) is 9.92. The lowest BCUT2D eigenvalue weighted by Crippen LogP contribution is -2.26. The third-order valence-corrected chi connectivity index (χ3v) is 4.66. The SMILES string of the molecule is CC(C)C1(CNCc2ccc(C#N)s2)CC1. The Morgan fingerprint density at radius 2 is 2.25 bits per heavy atom. The topological polar surface area (TPSA) is 35.8 Å². The van der Waals surface area contributed by atoms with Crippen LogP contribution in [0.4, 0.5) is 0 Å². The molecule has 0 amide bonds. The lowest BCUT2D eigenvalue weighted by Gasteiger charge is -2.19. The minimum Gasteiger partial charge on any atom is -0.311 e. The van der Waals surface area contributed by atoms with E-state index in [2.05, 4.69) is 25.2 Å². The average molecular weight is 234 g/mol. The van der Waals surface area contributed by atoms with Crippen molar-refractivity contribution < 1.29 is 0 Å². The highest BCUT2D eigenvalue weighted by Crippen LogP contribution is 2.51. The number of nitrogens with one attached hydrogen (secondary N) is 1. The van der Waals surface area contributed by atoms with E-state index in [0.29, 0.717) is 5.41 Å². The molecule has 2 nitrogen and oxygen atoms in total. The molecule has 0 atom stereocenters. The molecular weight excluding hydrogens is 216 g/mol. The second kappa shape index (κ2) is 4.57. The highest BCUT2D eigenvalue weighted by atomic mass is 32.1. The summed E-state index contributed by atoms with van der Waals surface area (Å²) < 4.78 is 0. The largest absolute Gasteiger partial charge is 0.311 e. The van der Waals surface area contributed by atoms with Gasteiger partial charge >= 0.3 is 0 Å². The highest BCUT2D eigenvalue weighted by Gasteiger charge is 2.44. The van der Waals surface area contributed by atoms with Crippen LogP contribution >= 0.6 is 11.3 Å². The molecule has 0 spiro atoms. The maximum atomic E-state index is 8.73. The summed E-state index contributed by atoms with van der Waals surface area (Å²) in [7, 11) is 0. The van der Waals surface area contributed by atoms with Crippen molar-refractivity contribution in [1.82, 2.24) is 5.32 Å². The van der Waals surface area contributed by atoms with Gasteiger partial charge in [-0.15, -0.1) is 11.3 Å². The zero-order chi connectivity index (χ0) is 11.6. The first kappa shape index (κ1) is 11.6. The molecule has 0 saturated heterocycles. The van der Waals surface area contributed by atoms with Crippen LogP contribution in [0.15, 0.2) is 12.1 Å². The van der Waals surface area contributed by atoms with Crippen molar-refractivity contribution in [1.29, 1.82) is 5.26 Å². The normalized spacial score (nSPS) is 17.4. The molecule has 86 valence electrons. The zero-order valence-corrected chi connectivity index (χ0v) is 10.7. The van der Waals surface area contributed by atoms with Crippen molar-refractivity contribution in [3.05, 3.63) is 21.9 Å². The quantitative estimate of drug-likeness (QED) is 0.849. The third kappa shape index (κ3) is 2.45. The lowest BCUT2D eigenvalue weighted by molar-refractivity contribution is 0.338. The number of thiophene rings is 1. The van der Waals surface area contributed by atoms with E-state index in [1.807, 2.05) is 12.1 Å². The van der Waals surface area contributed by atoms with Crippen molar-refractivity contribution in [3.8, 4) is 6.07 Å². The second-order valence-corrected chi connectivity index (χ2v) is 6.17. The molecule has 0 unspecified atom stereocenters. The van der Waals surface area contributed by atoms with Gasteiger partial charge in [-0.25, -0.2) is 0 Å². The maximum absolute atomic E-state index is 8.73. The van der Waals surface area contributed by atoms with Gasteiger partial charge in [0.1, 0.15) is 10.9 Å². The minimum atomic E-state index is 0.565. The number of nitriles is 1. The summed E-state index contributed by atoms with van der Waals surface area (Å²) in [6.07, 6.45) is 2.73. The van der Waals surface area contributed by atoms with Crippen molar-refractivity contribution >= 4 is 11.3 Å². The second-order valence-electron chi connectivity index (χ2n) is 5.00. The predicted molar refractivity (Wildman–Crippen MR) is 67.2 cm³/mol. The van der Waals surface area contributed by atoms with Gasteiger partial charge in [-0.2, -0.15) is 5.26 Å². The van der Waals surface area contributed by atoms with E-state index in [1.165, 1.54) is 17.7 Å². The number of hydrogen-bond donors (Lipinski definition) is 1. The van der Waals surface area contributed by atoms with Crippen molar-refractivity contribution in [3.63, 3.8) is 0 Å². The Morgan fingerprint density at radius 1 is 1.50 bits per heavy atom. The van der Waals surface area contributed by atoms with Crippen molar-refractivity contribution in [2.24, 2.45) is 11.3 Å². The van der Waals surface area contributed by atoms with Gasteiger partial charge in [-0.1, -0.05) is 13.8 Å². The van der Waals surface area contributed by atoms with E-state index in [0.717, 1.165) is 23.9 Å². The van der Waals surface area contributed by atoms with Crippen LogP contribution in [0, 0.1) is 22.7 Å². The fraction of sp³-hybridized carbons (Fsp3) is 0.615. The van der Waals surface area contributed by atoms with E-state index < -0.39 is 0 Å². The van der Waals surface area contributed by atoms with Crippen LogP contribution < -0.4 is 5.32 Å². The lowest BCUT2D eigenvalue weighted by atomic mass is 9.92.